The highest BCUT2D eigenvalue weighted by Gasteiger charge is 2.31. The van der Waals surface area contributed by atoms with Crippen molar-refractivity contribution in [3.05, 3.63) is 117 Å². The molecule has 0 aliphatic heterocycles. The number of allylic oxidation sites excluding steroid dienone is 1. The van der Waals surface area contributed by atoms with E-state index >= 15 is 0 Å². The van der Waals surface area contributed by atoms with Gasteiger partial charge in [0.2, 0.25) is 0 Å². The van der Waals surface area contributed by atoms with Gasteiger partial charge in [-0.2, -0.15) is 0 Å². The zero-order valence-corrected chi connectivity index (χ0v) is 22.0. The van der Waals surface area contributed by atoms with Crippen LogP contribution in [0.4, 0.5) is 5.69 Å². The lowest BCUT2D eigenvalue weighted by atomic mass is 9.84. The summed E-state index contributed by atoms with van der Waals surface area (Å²) >= 11 is 13.2. The fourth-order valence-electron chi connectivity index (χ4n) is 4.52. The molecule has 0 aliphatic carbocycles. The molecule has 1 unspecified atom stereocenters. The quantitative estimate of drug-likeness (QED) is 0.334. The van der Waals surface area contributed by atoms with E-state index in [0.29, 0.717) is 5.02 Å². The molecule has 0 heterocycles. The number of nitrogens with one attached hydrogen (secondary N) is 1. The van der Waals surface area contributed by atoms with E-state index < -0.39 is 4.87 Å². The van der Waals surface area contributed by atoms with Gasteiger partial charge >= 0.3 is 0 Å². The molecule has 33 heavy (non-hydrogen) atoms. The van der Waals surface area contributed by atoms with E-state index in [1.54, 1.807) is 0 Å². The number of hydrogen-bond donors (Lipinski definition) is 1. The Balaban J connectivity index is 1.95. The van der Waals surface area contributed by atoms with Crippen molar-refractivity contribution in [2.45, 2.75) is 52.3 Å². The number of halogens is 2. The van der Waals surface area contributed by atoms with Gasteiger partial charge in [0, 0.05) is 22.3 Å². The SMILES string of the molecule is C=C(c1ccc(C)cc1C)c1cc(NC(=C)C(c2cc(C)cc(Cl)c2)C(C)(C)Cl)ccc1C. The summed E-state index contributed by atoms with van der Waals surface area (Å²) in [5.41, 5.74) is 10.9. The number of hydrogen-bond acceptors (Lipinski definition) is 1. The van der Waals surface area contributed by atoms with E-state index in [-0.39, 0.29) is 5.92 Å². The second-order valence-electron chi connectivity index (χ2n) is 9.54. The second kappa shape index (κ2) is 9.79. The number of anilines is 1. The Morgan fingerprint density at radius 1 is 0.818 bits per heavy atom. The highest BCUT2D eigenvalue weighted by Crippen LogP contribution is 2.40. The van der Waals surface area contributed by atoms with Crippen LogP contribution in [-0.2, 0) is 0 Å². The minimum atomic E-state index is -0.558. The van der Waals surface area contributed by atoms with Gasteiger partial charge in [-0.3, -0.25) is 0 Å². The summed E-state index contributed by atoms with van der Waals surface area (Å²) in [6, 6.07) is 18.8. The van der Waals surface area contributed by atoms with Crippen molar-refractivity contribution in [1.29, 1.82) is 0 Å². The average molecular weight is 479 g/mol. The van der Waals surface area contributed by atoms with E-state index in [0.717, 1.165) is 39.2 Å². The molecule has 0 amide bonds. The summed E-state index contributed by atoms with van der Waals surface area (Å²) in [4.78, 5) is -0.558. The summed E-state index contributed by atoms with van der Waals surface area (Å²) in [6.07, 6.45) is 0. The van der Waals surface area contributed by atoms with Crippen LogP contribution in [0.3, 0.4) is 0 Å². The van der Waals surface area contributed by atoms with E-state index in [1.807, 2.05) is 32.9 Å². The Morgan fingerprint density at radius 3 is 2.12 bits per heavy atom. The topological polar surface area (TPSA) is 12.0 Å². The van der Waals surface area contributed by atoms with Crippen LogP contribution in [0.5, 0.6) is 0 Å². The fraction of sp³-hybridized carbons (Fsp3) is 0.267. The monoisotopic (exact) mass is 477 g/mol. The number of rotatable bonds is 7. The lowest BCUT2D eigenvalue weighted by molar-refractivity contribution is 0.599. The second-order valence-corrected chi connectivity index (χ2v) is 10.9. The first-order valence-electron chi connectivity index (χ1n) is 11.2. The smallest absolute Gasteiger partial charge is 0.0513 e. The van der Waals surface area contributed by atoms with E-state index in [2.05, 4.69) is 81.7 Å². The van der Waals surface area contributed by atoms with Crippen LogP contribution in [0, 0.1) is 27.7 Å². The fourth-order valence-corrected chi connectivity index (χ4v) is 5.08. The van der Waals surface area contributed by atoms with Crippen molar-refractivity contribution in [3.8, 4) is 0 Å². The third kappa shape index (κ3) is 5.91. The number of alkyl halides is 1. The minimum Gasteiger partial charge on any atom is -0.359 e. The third-order valence-corrected chi connectivity index (χ3v) is 6.44. The van der Waals surface area contributed by atoms with Gasteiger partial charge in [-0.25, -0.2) is 0 Å². The molecular weight excluding hydrogens is 445 g/mol. The predicted molar refractivity (Wildman–Crippen MR) is 147 cm³/mol. The van der Waals surface area contributed by atoms with Gasteiger partial charge in [-0.1, -0.05) is 60.7 Å². The van der Waals surface area contributed by atoms with Crippen molar-refractivity contribution in [2.75, 3.05) is 5.32 Å². The van der Waals surface area contributed by atoms with Gasteiger partial charge in [0.1, 0.15) is 0 Å². The van der Waals surface area contributed by atoms with Gasteiger partial charge in [-0.05, 0) is 105 Å². The molecule has 3 aromatic carbocycles. The van der Waals surface area contributed by atoms with Crippen molar-refractivity contribution in [3.63, 3.8) is 0 Å². The highest BCUT2D eigenvalue weighted by atomic mass is 35.5. The van der Waals surface area contributed by atoms with Gasteiger partial charge in [0.15, 0.2) is 0 Å². The zero-order valence-electron chi connectivity index (χ0n) is 20.4. The predicted octanol–water partition coefficient (Wildman–Crippen LogP) is 9.36. The molecule has 0 saturated carbocycles. The Bertz CT molecular complexity index is 1190. The average Bonchev–Trinajstić information content (AvgIpc) is 2.67. The van der Waals surface area contributed by atoms with Gasteiger partial charge in [0.25, 0.3) is 0 Å². The summed E-state index contributed by atoms with van der Waals surface area (Å²) in [7, 11) is 0. The largest absolute Gasteiger partial charge is 0.359 e. The lowest BCUT2D eigenvalue weighted by Gasteiger charge is -2.32. The normalized spacial score (nSPS) is 12.4. The van der Waals surface area contributed by atoms with Crippen LogP contribution < -0.4 is 5.32 Å². The maximum absolute atomic E-state index is 6.86. The molecule has 1 nitrogen and oxygen atoms in total. The van der Waals surface area contributed by atoms with Crippen molar-refractivity contribution in [2.24, 2.45) is 0 Å². The van der Waals surface area contributed by atoms with Crippen LogP contribution in [0.15, 0.2) is 73.5 Å². The van der Waals surface area contributed by atoms with Crippen LogP contribution >= 0.6 is 23.2 Å². The van der Waals surface area contributed by atoms with Gasteiger partial charge < -0.3 is 5.32 Å². The van der Waals surface area contributed by atoms with Crippen LogP contribution in [0.2, 0.25) is 5.02 Å². The molecule has 0 spiro atoms. The van der Waals surface area contributed by atoms with Crippen molar-refractivity contribution in [1.82, 2.24) is 0 Å². The maximum atomic E-state index is 6.86. The molecular formula is C30H33Cl2N. The molecule has 0 saturated heterocycles. The first kappa shape index (κ1) is 25.1. The molecule has 3 heteroatoms. The molecule has 3 aromatic rings. The maximum Gasteiger partial charge on any atom is 0.0513 e. The van der Waals surface area contributed by atoms with E-state index in [4.69, 9.17) is 23.2 Å². The molecule has 1 N–H and O–H groups in total. The Kier molecular flexibility index (Phi) is 7.46. The van der Waals surface area contributed by atoms with Crippen LogP contribution in [-0.4, -0.2) is 4.87 Å². The zero-order chi connectivity index (χ0) is 24.5. The van der Waals surface area contributed by atoms with Crippen LogP contribution in [0.25, 0.3) is 5.57 Å². The molecule has 0 bridgehead atoms. The summed E-state index contributed by atoms with van der Waals surface area (Å²) in [6.45, 7) is 21.2. The highest BCUT2D eigenvalue weighted by molar-refractivity contribution is 6.30. The lowest BCUT2D eigenvalue weighted by Crippen LogP contribution is -2.27. The molecule has 0 aromatic heterocycles. The summed E-state index contributed by atoms with van der Waals surface area (Å²) in [5, 5.41) is 4.22. The first-order valence-corrected chi connectivity index (χ1v) is 11.9. The molecule has 1 atom stereocenters. The number of aryl methyl sites for hydroxylation is 4. The van der Waals surface area contributed by atoms with E-state index in [9.17, 15) is 0 Å². The summed E-state index contributed by atoms with van der Waals surface area (Å²) < 4.78 is 0. The van der Waals surface area contributed by atoms with Gasteiger partial charge in [-0.15, -0.1) is 11.6 Å². The van der Waals surface area contributed by atoms with Crippen LogP contribution in [0.1, 0.15) is 58.7 Å². The van der Waals surface area contributed by atoms with Crippen molar-refractivity contribution < 1.29 is 0 Å². The molecule has 0 aliphatic rings. The molecule has 0 radical (unpaired) electrons. The van der Waals surface area contributed by atoms with E-state index in [1.165, 1.54) is 16.7 Å². The Hall–Kier alpha value is -2.48. The minimum absolute atomic E-state index is 0.135. The molecule has 3 rings (SSSR count). The Morgan fingerprint density at radius 2 is 1.52 bits per heavy atom. The summed E-state index contributed by atoms with van der Waals surface area (Å²) in [5.74, 6) is -0.135. The van der Waals surface area contributed by atoms with Gasteiger partial charge in [0.05, 0.1) is 4.87 Å². The first-order chi connectivity index (χ1) is 15.4. The molecule has 0 fully saturated rings. The Labute approximate surface area is 209 Å². The molecule has 172 valence electrons. The van der Waals surface area contributed by atoms with Crippen molar-refractivity contribution >= 4 is 34.5 Å². The number of benzene rings is 3. The standard InChI is InChI=1S/C30H33Cl2N/c1-18-9-12-27(21(4)13-18)22(5)28-17-26(11-10-20(28)3)33-23(6)29(30(7,8)32)24-14-19(2)15-25(31)16-24/h9-17,29,33H,5-6H2,1-4,7-8H3. The third-order valence-electron chi connectivity index (χ3n) is 6.01.